The molecule has 2 aromatic heterocycles. The second kappa shape index (κ2) is 10.3. The van der Waals surface area contributed by atoms with E-state index in [0.29, 0.717) is 12.2 Å². The predicted molar refractivity (Wildman–Crippen MR) is 134 cm³/mol. The van der Waals surface area contributed by atoms with E-state index >= 15 is 0 Å². The summed E-state index contributed by atoms with van der Waals surface area (Å²) in [7, 11) is -1.96. The molecular weight excluding hydrogens is 432 g/mol. The molecule has 1 aliphatic rings. The van der Waals surface area contributed by atoms with Crippen molar-refractivity contribution in [3.05, 3.63) is 59.5 Å². The third-order valence-electron chi connectivity index (χ3n) is 4.95. The van der Waals surface area contributed by atoms with Crippen LogP contribution in [0.1, 0.15) is 31.9 Å². The molecule has 4 rings (SSSR count). The van der Waals surface area contributed by atoms with Gasteiger partial charge >= 0.3 is 0 Å². The highest BCUT2D eigenvalue weighted by Crippen LogP contribution is 2.61. The van der Waals surface area contributed by atoms with Crippen LogP contribution < -0.4 is 5.73 Å². The summed E-state index contributed by atoms with van der Waals surface area (Å²) in [6, 6.07) is 16.2. The van der Waals surface area contributed by atoms with Crippen LogP contribution in [-0.4, -0.2) is 37.8 Å². The molecule has 0 saturated carbocycles. The molecule has 3 heterocycles. The van der Waals surface area contributed by atoms with E-state index in [1.165, 1.54) is 0 Å². The number of fused-ring (bicyclic) bond motifs is 1. The average molecular weight is 463 g/mol. The summed E-state index contributed by atoms with van der Waals surface area (Å²) in [5.74, 6) is 0.585. The van der Waals surface area contributed by atoms with Crippen LogP contribution in [0, 0.1) is 0 Å². The van der Waals surface area contributed by atoms with E-state index in [2.05, 4.69) is 29.6 Å². The number of aromatic nitrogens is 1. The molecule has 4 N–H and O–H groups in total. The van der Waals surface area contributed by atoms with Crippen LogP contribution in [0.15, 0.2) is 58.9 Å². The summed E-state index contributed by atoms with van der Waals surface area (Å²) >= 11 is 3.26. The standard InChI is InChI=1S/C21H24N2O2S3.C2H6/c1-28(25,12-6-10-24)21-19(22)18-15(14-7-3-2-4-8-14)13-16(23-20(18)27-21)17-9-5-11-26-17;1-2/h2-5,7-9,11,13,19,21,24-25H,6,10,12,22H2,1H3;1-2H3. The highest BCUT2D eigenvalue weighted by atomic mass is 32.3. The molecule has 162 valence electrons. The van der Waals surface area contributed by atoms with E-state index in [1.807, 2.05) is 44.4 Å². The maximum atomic E-state index is 11.1. The van der Waals surface area contributed by atoms with Crippen molar-refractivity contribution >= 4 is 33.4 Å². The Morgan fingerprint density at radius 3 is 2.50 bits per heavy atom. The summed E-state index contributed by atoms with van der Waals surface area (Å²) in [4.78, 5) is 6.04. The molecule has 7 heteroatoms. The van der Waals surface area contributed by atoms with E-state index in [0.717, 1.165) is 32.3 Å². The van der Waals surface area contributed by atoms with Crippen molar-refractivity contribution in [1.82, 2.24) is 4.98 Å². The largest absolute Gasteiger partial charge is 0.396 e. The predicted octanol–water partition coefficient (Wildman–Crippen LogP) is 6.22. The first-order valence-corrected chi connectivity index (χ1v) is 14.1. The number of nitrogens with two attached hydrogens (primary N) is 1. The van der Waals surface area contributed by atoms with Crippen LogP contribution in [0.3, 0.4) is 0 Å². The smallest absolute Gasteiger partial charge is 0.103 e. The van der Waals surface area contributed by atoms with Crippen molar-refractivity contribution in [2.75, 3.05) is 18.6 Å². The van der Waals surface area contributed by atoms with E-state index in [-0.39, 0.29) is 17.2 Å². The van der Waals surface area contributed by atoms with Gasteiger partial charge in [0.15, 0.2) is 0 Å². The number of pyridine rings is 1. The highest BCUT2D eigenvalue weighted by molar-refractivity contribution is 8.36. The Morgan fingerprint density at radius 1 is 1.13 bits per heavy atom. The van der Waals surface area contributed by atoms with Gasteiger partial charge < -0.3 is 15.4 Å². The molecule has 3 aromatic rings. The summed E-state index contributed by atoms with van der Waals surface area (Å²) < 4.78 is 11.0. The van der Waals surface area contributed by atoms with E-state index in [1.54, 1.807) is 23.1 Å². The maximum absolute atomic E-state index is 11.1. The first kappa shape index (κ1) is 23.3. The Bertz CT molecular complexity index is 947. The topological polar surface area (TPSA) is 79.4 Å². The van der Waals surface area contributed by atoms with Crippen LogP contribution in [0.2, 0.25) is 0 Å². The molecule has 1 aliphatic heterocycles. The van der Waals surface area contributed by atoms with Crippen LogP contribution in [0.5, 0.6) is 0 Å². The lowest BCUT2D eigenvalue weighted by atomic mass is 9.97. The van der Waals surface area contributed by atoms with Gasteiger partial charge in [-0.05, 0) is 41.3 Å². The Morgan fingerprint density at radius 2 is 1.87 bits per heavy atom. The molecule has 0 saturated heterocycles. The molecule has 3 unspecified atom stereocenters. The summed E-state index contributed by atoms with van der Waals surface area (Å²) in [5, 5.41) is 12.2. The molecule has 30 heavy (non-hydrogen) atoms. The second-order valence-corrected chi connectivity index (χ2v) is 12.5. The molecule has 0 spiro atoms. The summed E-state index contributed by atoms with van der Waals surface area (Å²) in [5.41, 5.74) is 10.9. The summed E-state index contributed by atoms with van der Waals surface area (Å²) in [6.45, 7) is 4.08. The molecule has 0 aliphatic carbocycles. The minimum atomic E-state index is -1.96. The van der Waals surface area contributed by atoms with Crippen molar-refractivity contribution in [3.8, 4) is 21.7 Å². The molecule has 0 fully saturated rings. The normalized spacial score (nSPS) is 20.6. The molecule has 0 amide bonds. The monoisotopic (exact) mass is 462 g/mol. The Balaban J connectivity index is 0.00000124. The van der Waals surface area contributed by atoms with Crippen LogP contribution in [0.4, 0.5) is 0 Å². The maximum Gasteiger partial charge on any atom is 0.103 e. The molecule has 1 aromatic carbocycles. The zero-order chi connectivity index (χ0) is 21.7. The number of rotatable bonds is 6. The van der Waals surface area contributed by atoms with Crippen molar-refractivity contribution in [2.24, 2.45) is 5.73 Å². The Labute approximate surface area is 189 Å². The lowest BCUT2D eigenvalue weighted by molar-refractivity contribution is 0.295. The van der Waals surface area contributed by atoms with Gasteiger partial charge in [-0.1, -0.05) is 62.0 Å². The molecule has 0 bridgehead atoms. The van der Waals surface area contributed by atoms with Crippen molar-refractivity contribution in [2.45, 2.75) is 35.9 Å². The molecule has 4 nitrogen and oxygen atoms in total. The van der Waals surface area contributed by atoms with E-state index in [9.17, 15) is 9.66 Å². The lowest BCUT2D eigenvalue weighted by Gasteiger charge is -2.37. The SMILES string of the molecule is CC.CS(O)(CCCO)C1Sc2nc(-c3cccs3)cc(-c3ccccc3)c2C1N. The number of aliphatic hydroxyl groups is 1. The molecular formula is C23H30N2O2S3. The first-order chi connectivity index (χ1) is 14.5. The number of nitrogens with zero attached hydrogens (tertiary/aromatic N) is 1. The molecule has 3 atom stereocenters. The van der Waals surface area contributed by atoms with Gasteiger partial charge in [-0.2, -0.15) is 0 Å². The first-order valence-electron chi connectivity index (χ1n) is 10.2. The third-order valence-corrected chi connectivity index (χ3v) is 10.8. The van der Waals surface area contributed by atoms with Gasteiger partial charge in [-0.25, -0.2) is 4.98 Å². The minimum Gasteiger partial charge on any atom is -0.396 e. The Kier molecular flexibility index (Phi) is 8.01. The third kappa shape index (κ3) is 4.77. The van der Waals surface area contributed by atoms with Crippen LogP contribution >= 0.6 is 33.4 Å². The second-order valence-electron chi connectivity index (χ2n) is 7.02. The minimum absolute atomic E-state index is 0.0821. The number of hydrogen-bond donors (Lipinski definition) is 3. The number of aliphatic hydroxyl groups excluding tert-OH is 1. The van der Waals surface area contributed by atoms with E-state index in [4.69, 9.17) is 10.7 Å². The quantitative estimate of drug-likeness (QED) is 0.405. The highest BCUT2D eigenvalue weighted by Gasteiger charge is 2.42. The number of thioether (sulfide) groups is 1. The average Bonchev–Trinajstić information content (AvgIpc) is 3.43. The van der Waals surface area contributed by atoms with Gasteiger partial charge in [-0.15, -0.1) is 21.6 Å². The van der Waals surface area contributed by atoms with Crippen LogP contribution in [0.25, 0.3) is 21.7 Å². The van der Waals surface area contributed by atoms with Crippen molar-refractivity contribution in [3.63, 3.8) is 0 Å². The fraction of sp³-hybridized carbons (Fsp3) is 0.348. The van der Waals surface area contributed by atoms with Gasteiger partial charge in [0, 0.05) is 17.9 Å². The number of hydrogen-bond acceptors (Lipinski definition) is 6. The van der Waals surface area contributed by atoms with Gasteiger partial charge in [0.25, 0.3) is 0 Å². The number of thiophene rings is 1. The van der Waals surface area contributed by atoms with Crippen molar-refractivity contribution < 1.29 is 9.66 Å². The van der Waals surface area contributed by atoms with Gasteiger partial charge in [0.05, 0.1) is 21.2 Å². The van der Waals surface area contributed by atoms with Gasteiger partial charge in [0.1, 0.15) is 5.03 Å². The zero-order valence-corrected chi connectivity index (χ0v) is 20.1. The van der Waals surface area contributed by atoms with E-state index < -0.39 is 10.3 Å². The lowest BCUT2D eigenvalue weighted by Crippen LogP contribution is -2.27. The number of benzene rings is 1. The fourth-order valence-corrected chi connectivity index (χ4v) is 8.38. The molecule has 0 radical (unpaired) electrons. The van der Waals surface area contributed by atoms with Gasteiger partial charge in [-0.3, -0.25) is 0 Å². The Hall–Kier alpha value is -1.35. The van der Waals surface area contributed by atoms with Gasteiger partial charge in [0.2, 0.25) is 0 Å². The zero-order valence-electron chi connectivity index (χ0n) is 17.6. The summed E-state index contributed by atoms with van der Waals surface area (Å²) in [6.07, 6.45) is 2.48. The fourth-order valence-electron chi connectivity index (χ4n) is 3.56. The van der Waals surface area contributed by atoms with Crippen LogP contribution in [-0.2, 0) is 0 Å². The van der Waals surface area contributed by atoms with Crippen molar-refractivity contribution in [1.29, 1.82) is 0 Å².